The summed E-state index contributed by atoms with van der Waals surface area (Å²) in [5, 5.41) is 0.314. The number of alkyl halides is 1. The third-order valence-corrected chi connectivity index (χ3v) is 7.18. The van der Waals surface area contributed by atoms with E-state index in [2.05, 4.69) is 5.43 Å². The van der Waals surface area contributed by atoms with E-state index in [1.165, 1.54) is 33.1 Å². The first-order valence-electron chi connectivity index (χ1n) is 12.8. The summed E-state index contributed by atoms with van der Waals surface area (Å²) in [4.78, 5) is 51.7. The lowest BCUT2D eigenvalue weighted by Crippen LogP contribution is -2.51. The molecule has 1 unspecified atom stereocenters. The van der Waals surface area contributed by atoms with E-state index < -0.39 is 59.9 Å². The van der Waals surface area contributed by atoms with Crippen LogP contribution in [0.5, 0.6) is 11.5 Å². The third kappa shape index (κ3) is 6.85. The van der Waals surface area contributed by atoms with E-state index in [4.69, 9.17) is 47.9 Å². The van der Waals surface area contributed by atoms with Crippen molar-refractivity contribution in [1.29, 1.82) is 0 Å². The van der Waals surface area contributed by atoms with E-state index in [-0.39, 0.29) is 39.4 Å². The topological polar surface area (TPSA) is 153 Å². The van der Waals surface area contributed by atoms with Gasteiger partial charge in [-0.15, -0.1) is 0 Å². The number of hydrogen-bond donors (Lipinski definition) is 2. The van der Waals surface area contributed by atoms with E-state index in [1.807, 2.05) is 0 Å². The summed E-state index contributed by atoms with van der Waals surface area (Å²) in [6.07, 6.45) is -5.81. The molecule has 1 saturated heterocycles. The number of nitrogens with one attached hydrogen (secondary N) is 1. The summed E-state index contributed by atoms with van der Waals surface area (Å²) in [5.74, 6) is -1.64. The highest BCUT2D eigenvalue weighted by atomic mass is 35.5. The lowest BCUT2D eigenvalue weighted by atomic mass is 10.1. The van der Waals surface area contributed by atoms with Crippen LogP contribution in [0.25, 0.3) is 0 Å². The molecule has 1 aliphatic rings. The van der Waals surface area contributed by atoms with Gasteiger partial charge in [0.2, 0.25) is 0 Å². The Balaban J connectivity index is 1.89. The van der Waals surface area contributed by atoms with Crippen molar-refractivity contribution in [2.45, 2.75) is 77.8 Å². The predicted octanol–water partition coefficient (Wildman–Crippen LogP) is 2.58. The van der Waals surface area contributed by atoms with Crippen molar-refractivity contribution in [1.82, 2.24) is 9.24 Å². The fraction of sp³-hybridized carbons (Fsp3) is 0.538. The molecular formula is C26H33Cl2FN4O8. The number of aromatic nitrogens is 2. The van der Waals surface area contributed by atoms with Gasteiger partial charge in [-0.2, -0.15) is 4.68 Å². The number of rotatable bonds is 10. The molecule has 2 heterocycles. The summed E-state index contributed by atoms with van der Waals surface area (Å²) in [5.41, 5.74) is 6.20. The van der Waals surface area contributed by atoms with Gasteiger partial charge in [-0.1, -0.05) is 44.0 Å². The number of carbonyl (C=O) groups excluding carboxylic acids is 2. The number of amides is 1. The molecule has 0 bridgehead atoms. The van der Waals surface area contributed by atoms with Crippen molar-refractivity contribution >= 4 is 35.1 Å². The van der Waals surface area contributed by atoms with Crippen molar-refractivity contribution in [2.75, 3.05) is 12.5 Å². The first-order chi connectivity index (χ1) is 19.2. The van der Waals surface area contributed by atoms with Crippen LogP contribution in [-0.2, 0) is 25.5 Å². The lowest BCUT2D eigenvalue weighted by Gasteiger charge is -2.22. The minimum absolute atomic E-state index is 0.0639. The van der Waals surface area contributed by atoms with E-state index >= 15 is 4.39 Å². The Kier molecular flexibility index (Phi) is 10.5. The van der Waals surface area contributed by atoms with Gasteiger partial charge in [-0.05, 0) is 32.3 Å². The zero-order valence-corrected chi connectivity index (χ0v) is 24.9. The number of nitrogens with zero attached hydrogens (tertiary/aromatic N) is 2. The van der Waals surface area contributed by atoms with Gasteiger partial charge < -0.3 is 24.7 Å². The summed E-state index contributed by atoms with van der Waals surface area (Å²) >= 11 is 12.2. The summed E-state index contributed by atoms with van der Waals surface area (Å²) in [6, 6.07) is 1.77. The molecule has 2 aromatic rings. The number of carbonyl (C=O) groups is 2. The van der Waals surface area contributed by atoms with Crippen LogP contribution in [0, 0.1) is 5.92 Å². The number of hydrogen-bond acceptors (Lipinski definition) is 9. The number of ether oxygens (including phenoxy) is 4. The molecule has 0 spiro atoms. The first kappa shape index (κ1) is 32.4. The van der Waals surface area contributed by atoms with E-state index in [9.17, 15) is 19.2 Å². The molecule has 41 heavy (non-hydrogen) atoms. The zero-order chi connectivity index (χ0) is 30.8. The molecule has 12 nitrogen and oxygen atoms in total. The van der Waals surface area contributed by atoms with Gasteiger partial charge in [-0.25, -0.2) is 9.18 Å². The first-order valence-corrected chi connectivity index (χ1v) is 13.6. The molecule has 3 rings (SSSR count). The van der Waals surface area contributed by atoms with Gasteiger partial charge in [0.15, 0.2) is 24.6 Å². The van der Waals surface area contributed by atoms with Crippen LogP contribution < -0.4 is 31.9 Å². The van der Waals surface area contributed by atoms with Crippen LogP contribution in [0.1, 0.15) is 46.4 Å². The molecule has 1 aliphatic heterocycles. The zero-order valence-electron chi connectivity index (χ0n) is 23.4. The number of methoxy groups -OCH3 is 1. The van der Waals surface area contributed by atoms with Crippen molar-refractivity contribution in [2.24, 2.45) is 11.7 Å². The number of nitrogens with two attached hydrogens (primary N) is 1. The van der Waals surface area contributed by atoms with Gasteiger partial charge >= 0.3 is 11.7 Å². The Bertz CT molecular complexity index is 1420. The normalized spacial score (nSPS) is 21.8. The quantitative estimate of drug-likeness (QED) is 0.382. The maximum Gasteiger partial charge on any atom is 0.352 e. The number of esters is 1. The van der Waals surface area contributed by atoms with Gasteiger partial charge in [0, 0.05) is 17.8 Å². The molecular weight excluding hydrogens is 586 g/mol. The molecule has 0 aliphatic carbocycles. The van der Waals surface area contributed by atoms with Crippen molar-refractivity contribution in [3.05, 3.63) is 54.8 Å². The largest absolute Gasteiger partial charge is 0.495 e. The molecule has 0 saturated carbocycles. The molecule has 3 N–H and O–H groups in total. The second-order valence-electron chi connectivity index (χ2n) is 9.84. The summed E-state index contributed by atoms with van der Waals surface area (Å²) in [6.45, 7) is 7.91. The van der Waals surface area contributed by atoms with Crippen LogP contribution in [-0.4, -0.2) is 58.8 Å². The van der Waals surface area contributed by atoms with Gasteiger partial charge in [0.1, 0.15) is 17.5 Å². The number of halogens is 3. The Hall–Kier alpha value is -3.13. The average molecular weight is 619 g/mol. The third-order valence-electron chi connectivity index (χ3n) is 6.59. The second kappa shape index (κ2) is 13.2. The van der Waals surface area contributed by atoms with Crippen molar-refractivity contribution in [3.8, 4) is 11.5 Å². The smallest absolute Gasteiger partial charge is 0.352 e. The van der Waals surface area contributed by atoms with Crippen molar-refractivity contribution in [3.63, 3.8) is 0 Å². The average Bonchev–Trinajstić information content (AvgIpc) is 3.19. The van der Waals surface area contributed by atoms with Gasteiger partial charge in [0.05, 0.1) is 23.3 Å². The van der Waals surface area contributed by atoms with E-state index in [1.54, 1.807) is 20.8 Å². The maximum atomic E-state index is 15.6. The van der Waals surface area contributed by atoms with Crippen LogP contribution in [0.4, 0.5) is 4.39 Å². The molecule has 1 fully saturated rings. The SMILES string of the molecule is CCc1cn([C@@H]2O[C@H](C)[C@@H](OC(=O)[C@@H](N)C(C)C)[C@@H]2F)c(=O)n(NC(=O)C(C)Oc2cc(OC)c(Cl)cc2Cl)c1=O. The highest BCUT2D eigenvalue weighted by Gasteiger charge is 2.47. The van der Waals surface area contributed by atoms with E-state index in [0.717, 1.165) is 10.8 Å². The van der Waals surface area contributed by atoms with E-state index in [0.29, 0.717) is 4.68 Å². The van der Waals surface area contributed by atoms with Crippen LogP contribution in [0.15, 0.2) is 27.9 Å². The summed E-state index contributed by atoms with van der Waals surface area (Å²) in [7, 11) is 1.39. The van der Waals surface area contributed by atoms with Gasteiger partial charge in [-0.3, -0.25) is 24.4 Å². The van der Waals surface area contributed by atoms with Crippen LogP contribution in [0.2, 0.25) is 10.0 Å². The Morgan fingerprint density at radius 3 is 2.39 bits per heavy atom. The molecule has 0 radical (unpaired) electrons. The fourth-order valence-corrected chi connectivity index (χ4v) is 4.51. The Labute approximate surface area is 245 Å². The molecule has 6 atom stereocenters. The van der Waals surface area contributed by atoms with Gasteiger partial charge in [0.25, 0.3) is 11.5 Å². The van der Waals surface area contributed by atoms with Crippen LogP contribution >= 0.6 is 23.2 Å². The molecule has 1 aromatic heterocycles. The Morgan fingerprint density at radius 2 is 1.80 bits per heavy atom. The molecule has 1 aromatic carbocycles. The molecule has 15 heteroatoms. The second-order valence-corrected chi connectivity index (χ2v) is 10.7. The minimum atomic E-state index is -1.98. The predicted molar refractivity (Wildman–Crippen MR) is 149 cm³/mol. The number of aryl methyl sites for hydroxylation is 1. The number of benzene rings is 1. The van der Waals surface area contributed by atoms with Crippen LogP contribution in [0.3, 0.4) is 0 Å². The highest BCUT2D eigenvalue weighted by molar-refractivity contribution is 6.36. The fourth-order valence-electron chi connectivity index (χ4n) is 4.01. The monoisotopic (exact) mass is 618 g/mol. The highest BCUT2D eigenvalue weighted by Crippen LogP contribution is 2.36. The lowest BCUT2D eigenvalue weighted by molar-refractivity contribution is -0.156. The van der Waals surface area contributed by atoms with Crippen molar-refractivity contribution < 1.29 is 32.9 Å². The summed E-state index contributed by atoms with van der Waals surface area (Å²) < 4.78 is 38.5. The minimum Gasteiger partial charge on any atom is -0.495 e. The molecule has 226 valence electrons. The molecule has 1 amide bonds. The standard InChI is InChI=1S/C26H33Cl2FN4O8/c1-7-14-10-32(24-19(29)21(12(4)40-24)41-25(36)20(30)11(2)3)26(37)33(23(14)35)31-22(34)13(5)39-18-9-17(38-6)15(27)8-16(18)28/h8-13,19-21,24H,7,30H2,1-6H3,(H,31,34)/t12-,13?,19+,20+,21-,24-/m1/s1. The Morgan fingerprint density at radius 1 is 1.17 bits per heavy atom. The maximum absolute atomic E-state index is 15.6.